The fourth-order valence-electron chi connectivity index (χ4n) is 6.70. The molecule has 44 heavy (non-hydrogen) atoms. The summed E-state index contributed by atoms with van der Waals surface area (Å²) < 4.78 is 36.3. The number of aliphatic imine (C=N–C) groups is 1. The fourth-order valence-corrected chi connectivity index (χ4v) is 8.46. The molecule has 2 fully saturated rings. The van der Waals surface area contributed by atoms with E-state index in [9.17, 15) is 18.4 Å². The van der Waals surface area contributed by atoms with Crippen LogP contribution in [-0.4, -0.2) is 73.7 Å². The molecule has 0 saturated carbocycles. The van der Waals surface area contributed by atoms with E-state index >= 15 is 0 Å². The van der Waals surface area contributed by atoms with Gasteiger partial charge in [0.2, 0.25) is 0 Å². The number of hydrogen-bond acceptors (Lipinski definition) is 5. The molecule has 6 rings (SSSR count). The number of amides is 3. The van der Waals surface area contributed by atoms with E-state index in [2.05, 4.69) is 29.1 Å². The molecular formula is C33H38F2IN5O3. The van der Waals surface area contributed by atoms with Crippen molar-refractivity contribution >= 4 is 46.1 Å². The molecule has 11 heteroatoms. The highest BCUT2D eigenvalue weighted by Gasteiger charge is 2.38. The van der Waals surface area contributed by atoms with Gasteiger partial charge in [-0.05, 0) is 85.1 Å². The van der Waals surface area contributed by atoms with Gasteiger partial charge in [-0.3, -0.25) is 4.79 Å². The van der Waals surface area contributed by atoms with E-state index in [0.29, 0.717) is 25.1 Å². The maximum atomic E-state index is 14.1. The largest absolute Gasteiger partial charge is 0.497 e. The number of carbonyl (C=O) groups excluding carboxylic acids is 2. The number of carbonyl (C=O) groups is 2. The minimum absolute atomic E-state index is 0.0729. The number of rotatable bonds is 5. The number of halogens is 3. The van der Waals surface area contributed by atoms with Gasteiger partial charge in [0, 0.05) is 44.0 Å². The zero-order chi connectivity index (χ0) is 31.0. The Kier molecular flexibility index (Phi) is 8.76. The van der Waals surface area contributed by atoms with Crippen LogP contribution in [0.25, 0.3) is 0 Å². The molecule has 0 aromatic heterocycles. The van der Waals surface area contributed by atoms with E-state index in [1.807, 2.05) is 38.3 Å². The lowest BCUT2D eigenvalue weighted by Crippen LogP contribution is -2.49. The molecule has 0 spiro atoms. The fraction of sp³-hybridized carbons (Fsp3) is 0.455. The van der Waals surface area contributed by atoms with Crippen molar-refractivity contribution in [3.63, 3.8) is 0 Å². The van der Waals surface area contributed by atoms with E-state index < -0.39 is 32.4 Å². The smallest absolute Gasteiger partial charge is 0.322 e. The Morgan fingerprint density at radius 2 is 1.82 bits per heavy atom. The number of benzene rings is 2. The number of anilines is 1. The van der Waals surface area contributed by atoms with Gasteiger partial charge in [0.15, 0.2) is 0 Å². The van der Waals surface area contributed by atoms with Gasteiger partial charge < -0.3 is 24.8 Å². The van der Waals surface area contributed by atoms with Gasteiger partial charge >= 0.3 is 6.03 Å². The summed E-state index contributed by atoms with van der Waals surface area (Å²) in [5, 5.41) is 3.07. The van der Waals surface area contributed by atoms with Gasteiger partial charge in [0.1, 0.15) is 23.2 Å². The number of methoxy groups -OCH3 is 1. The number of nitrogens with zero attached hydrogens (tertiary/aromatic N) is 4. The number of ether oxygens (including phenoxy) is 1. The molecule has 234 valence electrons. The number of nitrogens with one attached hydrogen (secondary N) is 1. The summed E-state index contributed by atoms with van der Waals surface area (Å²) in [5.74, 6) is 0.212. The minimum atomic E-state index is -0.745. The predicted molar refractivity (Wildman–Crippen MR) is 176 cm³/mol. The van der Waals surface area contributed by atoms with Gasteiger partial charge in [-0.1, -0.05) is 34.6 Å². The Morgan fingerprint density at radius 1 is 1.07 bits per heavy atom. The normalized spacial score (nSPS) is 22.2. The van der Waals surface area contributed by atoms with Crippen LogP contribution in [0.5, 0.6) is 5.75 Å². The predicted octanol–water partition coefficient (Wildman–Crippen LogP) is 6.24. The Bertz CT molecular complexity index is 1530. The summed E-state index contributed by atoms with van der Waals surface area (Å²) in [6.45, 7) is 6.85. The molecule has 2 aromatic carbocycles. The van der Waals surface area contributed by atoms with Crippen LogP contribution in [0.4, 0.5) is 19.3 Å². The summed E-state index contributed by atoms with van der Waals surface area (Å²) in [4.78, 5) is 37.8. The van der Waals surface area contributed by atoms with Crippen molar-refractivity contribution in [3.05, 3.63) is 71.1 Å². The summed E-state index contributed by atoms with van der Waals surface area (Å²) in [7, 11) is 1.64. The third-order valence-corrected chi connectivity index (χ3v) is 11.1. The number of fused-ring (bicyclic) bond motifs is 1. The van der Waals surface area contributed by atoms with E-state index in [1.54, 1.807) is 7.11 Å². The Hall–Kier alpha value is -3.35. The van der Waals surface area contributed by atoms with Crippen LogP contribution in [-0.2, 0) is 11.2 Å². The standard InChI is InChI=1S/C33H38F2IN5O3/c1-33(2)10-6-29(22-14-23(34)17-24(35)15-22)41(19-33)31(42)27-18-30(37-20-36-27)39-11-8-25(9-12-39)40-13-7-21-16-26(44-3)4-5-28(21)38-32(40)43/h4-5,14-18,20,25,29H,6-13,19H2,1-3H3,(H,38,43)/t29-/m0/s1. The maximum absolute atomic E-state index is 14.1. The van der Waals surface area contributed by atoms with Crippen molar-refractivity contribution in [1.29, 1.82) is 0 Å². The first-order chi connectivity index (χ1) is 21.1. The molecule has 4 heterocycles. The van der Waals surface area contributed by atoms with Gasteiger partial charge in [0.25, 0.3) is 5.91 Å². The average molecular weight is 718 g/mol. The molecule has 0 bridgehead atoms. The van der Waals surface area contributed by atoms with Gasteiger partial charge in [-0.15, -0.1) is 0 Å². The van der Waals surface area contributed by atoms with Crippen molar-refractivity contribution in [2.45, 2.75) is 58.0 Å². The second-order valence-corrected chi connectivity index (χ2v) is 15.0. The highest BCUT2D eigenvalue weighted by Crippen LogP contribution is 2.40. The molecule has 1 atom stereocenters. The lowest BCUT2D eigenvalue weighted by Gasteiger charge is -2.44. The van der Waals surface area contributed by atoms with Gasteiger partial charge in [-0.25, -0.2) is 18.6 Å². The molecule has 3 amide bonds. The molecule has 2 aromatic rings. The zero-order valence-electron chi connectivity index (χ0n) is 25.3. The SMILES string of the molecule is COc1ccc2c(c1)CCN(C1CCN(C3=CC(C(=O)N4CC(C)(C)CC[C@H]4c4cc(F)cc(F)c4)=IC=N3)CC1)C(=O)N2. The van der Waals surface area contributed by atoms with Crippen molar-refractivity contribution < 1.29 is 23.1 Å². The van der Waals surface area contributed by atoms with E-state index in [0.717, 1.165) is 71.2 Å². The van der Waals surface area contributed by atoms with E-state index in [4.69, 9.17) is 4.74 Å². The Morgan fingerprint density at radius 3 is 2.55 bits per heavy atom. The lowest BCUT2D eigenvalue weighted by atomic mass is 9.79. The number of likely N-dealkylation sites (tertiary alicyclic amines) is 2. The average Bonchev–Trinajstić information content (AvgIpc) is 3.17. The quantitative estimate of drug-likeness (QED) is 0.372. The first kappa shape index (κ1) is 30.7. The molecule has 4 aliphatic heterocycles. The highest BCUT2D eigenvalue weighted by atomic mass is 127. The molecule has 4 aliphatic rings. The summed E-state index contributed by atoms with van der Waals surface area (Å²) >= 11 is -0.745. The number of urea groups is 1. The van der Waals surface area contributed by atoms with Crippen LogP contribution in [0.15, 0.2) is 53.3 Å². The summed E-state index contributed by atoms with van der Waals surface area (Å²) in [6, 6.07) is 8.95. The topological polar surface area (TPSA) is 77.5 Å². The molecule has 8 nitrogen and oxygen atoms in total. The first-order valence-electron chi connectivity index (χ1n) is 15.1. The van der Waals surface area contributed by atoms with Gasteiger partial charge in [0.05, 0.1) is 20.9 Å². The van der Waals surface area contributed by atoms with Crippen LogP contribution in [0.2, 0.25) is 0 Å². The molecule has 1 N–H and O–H groups in total. The van der Waals surface area contributed by atoms with Crippen LogP contribution in [0.1, 0.15) is 56.7 Å². The van der Waals surface area contributed by atoms with Crippen LogP contribution >= 0.6 is 20.7 Å². The van der Waals surface area contributed by atoms with Crippen molar-refractivity contribution in [1.82, 2.24) is 14.7 Å². The van der Waals surface area contributed by atoms with Crippen LogP contribution in [0, 0.1) is 17.0 Å². The minimum Gasteiger partial charge on any atom is -0.497 e. The molecule has 2 saturated heterocycles. The number of hydrogen-bond donors (Lipinski definition) is 1. The van der Waals surface area contributed by atoms with Crippen molar-refractivity contribution in [2.24, 2.45) is 10.4 Å². The van der Waals surface area contributed by atoms with Crippen molar-refractivity contribution in [3.8, 4) is 5.75 Å². The monoisotopic (exact) mass is 717 g/mol. The third kappa shape index (κ3) is 6.52. The summed E-state index contributed by atoms with van der Waals surface area (Å²) in [6.07, 6.45) is 5.77. The third-order valence-electron chi connectivity index (χ3n) is 9.07. The van der Waals surface area contributed by atoms with Gasteiger partial charge in [-0.2, -0.15) is 0 Å². The Labute approximate surface area is 266 Å². The summed E-state index contributed by atoms with van der Waals surface area (Å²) in [5.41, 5.74) is 2.30. The lowest BCUT2D eigenvalue weighted by molar-refractivity contribution is -0.130. The number of piperidine rings is 2. The molecule has 0 radical (unpaired) electrons. The molecule has 0 unspecified atom stereocenters. The second kappa shape index (κ2) is 12.6. The van der Waals surface area contributed by atoms with E-state index in [1.165, 1.54) is 12.1 Å². The second-order valence-electron chi connectivity index (χ2n) is 12.7. The molecular weight excluding hydrogens is 679 g/mol. The zero-order valence-corrected chi connectivity index (χ0v) is 27.4. The highest BCUT2D eigenvalue weighted by molar-refractivity contribution is 14.2. The molecule has 0 aliphatic carbocycles. The first-order valence-corrected chi connectivity index (χ1v) is 17.4. The van der Waals surface area contributed by atoms with E-state index in [-0.39, 0.29) is 29.4 Å². The van der Waals surface area contributed by atoms with Crippen molar-refractivity contribution in [2.75, 3.05) is 38.6 Å². The van der Waals surface area contributed by atoms with Crippen LogP contribution < -0.4 is 10.1 Å². The van der Waals surface area contributed by atoms with Crippen LogP contribution in [0.3, 0.4) is 0 Å². The maximum Gasteiger partial charge on any atom is 0.322 e. The Balaban J connectivity index is 1.13.